The van der Waals surface area contributed by atoms with Gasteiger partial charge in [0.15, 0.2) is 0 Å². The second-order valence-corrected chi connectivity index (χ2v) is 7.41. The van der Waals surface area contributed by atoms with Gasteiger partial charge in [-0.1, -0.05) is 18.2 Å². The van der Waals surface area contributed by atoms with Crippen molar-refractivity contribution in [2.75, 3.05) is 7.05 Å². The Morgan fingerprint density at radius 3 is 2.85 bits per heavy atom. The number of benzene rings is 1. The van der Waals surface area contributed by atoms with Crippen LogP contribution in [-0.4, -0.2) is 31.0 Å². The van der Waals surface area contributed by atoms with E-state index >= 15 is 0 Å². The Hall–Kier alpha value is -1.63. The van der Waals surface area contributed by atoms with Gasteiger partial charge in [-0.2, -0.15) is 0 Å². The molecule has 1 aromatic carbocycles. The van der Waals surface area contributed by atoms with Crippen molar-refractivity contribution in [1.82, 2.24) is 4.31 Å². The summed E-state index contributed by atoms with van der Waals surface area (Å²) in [7, 11) is -2.21. The minimum atomic E-state index is -3.60. The SMILES string of the molecule is CN1C(N)=NC2(c3ccccc3F)CCCC2S1(=O)=O. The maximum absolute atomic E-state index is 14.2. The number of nitrogens with zero attached hydrogens (tertiary/aromatic N) is 2. The molecule has 0 radical (unpaired) electrons. The van der Waals surface area contributed by atoms with E-state index in [-0.39, 0.29) is 5.96 Å². The van der Waals surface area contributed by atoms with Crippen molar-refractivity contribution in [2.45, 2.75) is 30.1 Å². The molecule has 5 nitrogen and oxygen atoms in total. The number of halogens is 1. The Morgan fingerprint density at radius 1 is 1.45 bits per heavy atom. The van der Waals surface area contributed by atoms with Crippen molar-refractivity contribution in [3.63, 3.8) is 0 Å². The van der Waals surface area contributed by atoms with Crippen LogP contribution in [0.1, 0.15) is 24.8 Å². The fourth-order valence-electron chi connectivity index (χ4n) is 3.26. The zero-order valence-corrected chi connectivity index (χ0v) is 11.9. The summed E-state index contributed by atoms with van der Waals surface area (Å²) in [4.78, 5) is 4.38. The Kier molecular flexibility index (Phi) is 2.79. The van der Waals surface area contributed by atoms with Gasteiger partial charge < -0.3 is 5.73 Å². The second-order valence-electron chi connectivity index (χ2n) is 5.27. The van der Waals surface area contributed by atoms with Crippen LogP contribution in [0.25, 0.3) is 0 Å². The third-order valence-corrected chi connectivity index (χ3v) is 6.57. The average Bonchev–Trinajstić information content (AvgIpc) is 2.83. The van der Waals surface area contributed by atoms with Gasteiger partial charge in [-0.05, 0) is 25.3 Å². The highest BCUT2D eigenvalue weighted by atomic mass is 32.2. The molecule has 2 atom stereocenters. The number of fused-ring (bicyclic) bond motifs is 1. The Bertz CT molecular complexity index is 689. The van der Waals surface area contributed by atoms with Crippen molar-refractivity contribution in [3.05, 3.63) is 35.6 Å². The molecule has 1 saturated carbocycles. The second kappa shape index (κ2) is 4.18. The third kappa shape index (κ3) is 1.59. The molecular weight excluding hydrogens is 281 g/mol. The topological polar surface area (TPSA) is 75.8 Å². The number of hydrogen-bond donors (Lipinski definition) is 1. The van der Waals surface area contributed by atoms with Crippen LogP contribution >= 0.6 is 0 Å². The zero-order valence-electron chi connectivity index (χ0n) is 11.1. The van der Waals surface area contributed by atoms with Gasteiger partial charge in [0.1, 0.15) is 16.6 Å². The summed E-state index contributed by atoms with van der Waals surface area (Å²) in [5, 5.41) is -0.746. The number of aliphatic imine (C=N–C) groups is 1. The number of sulfonamides is 1. The predicted molar refractivity (Wildman–Crippen MR) is 74.0 cm³/mol. The number of hydrogen-bond acceptors (Lipinski definition) is 4. The van der Waals surface area contributed by atoms with E-state index in [1.165, 1.54) is 13.1 Å². The molecule has 0 spiro atoms. The van der Waals surface area contributed by atoms with Crippen LogP contribution in [0.4, 0.5) is 4.39 Å². The lowest BCUT2D eigenvalue weighted by atomic mass is 9.88. The van der Waals surface area contributed by atoms with Crippen LogP contribution in [-0.2, 0) is 15.6 Å². The fourth-order valence-corrected chi connectivity index (χ4v) is 5.19. The van der Waals surface area contributed by atoms with Crippen LogP contribution in [0.2, 0.25) is 0 Å². The molecular formula is C13H16FN3O2S. The molecule has 2 aliphatic rings. The molecule has 1 aromatic rings. The molecule has 108 valence electrons. The average molecular weight is 297 g/mol. The summed E-state index contributed by atoms with van der Waals surface area (Å²) in [6.45, 7) is 0. The highest BCUT2D eigenvalue weighted by Gasteiger charge is 2.56. The summed E-state index contributed by atoms with van der Waals surface area (Å²) in [6, 6.07) is 6.20. The van der Waals surface area contributed by atoms with E-state index in [2.05, 4.69) is 4.99 Å². The van der Waals surface area contributed by atoms with Crippen molar-refractivity contribution in [3.8, 4) is 0 Å². The lowest BCUT2D eigenvalue weighted by Gasteiger charge is -2.39. The van der Waals surface area contributed by atoms with Crippen molar-refractivity contribution >= 4 is 16.0 Å². The van der Waals surface area contributed by atoms with Gasteiger partial charge in [-0.25, -0.2) is 22.1 Å². The van der Waals surface area contributed by atoms with Gasteiger partial charge in [-0.3, -0.25) is 0 Å². The molecule has 1 aliphatic carbocycles. The van der Waals surface area contributed by atoms with Gasteiger partial charge in [0, 0.05) is 12.6 Å². The normalized spacial score (nSPS) is 31.8. The van der Waals surface area contributed by atoms with E-state index in [0.29, 0.717) is 24.8 Å². The summed E-state index contributed by atoms with van der Waals surface area (Å²) in [5.74, 6) is -0.512. The monoisotopic (exact) mass is 297 g/mol. The number of rotatable bonds is 1. The Labute approximate surface area is 117 Å². The van der Waals surface area contributed by atoms with Crippen LogP contribution in [0.3, 0.4) is 0 Å². The predicted octanol–water partition coefficient (Wildman–Crippen LogP) is 1.16. The van der Waals surface area contributed by atoms with Crippen LogP contribution < -0.4 is 5.73 Å². The van der Waals surface area contributed by atoms with Gasteiger partial charge in [0.25, 0.3) is 0 Å². The van der Waals surface area contributed by atoms with Gasteiger partial charge >= 0.3 is 0 Å². The molecule has 20 heavy (non-hydrogen) atoms. The van der Waals surface area contributed by atoms with Crippen molar-refractivity contribution < 1.29 is 12.8 Å². The first-order valence-corrected chi connectivity index (χ1v) is 7.98. The maximum Gasteiger partial charge on any atom is 0.242 e. The first-order chi connectivity index (χ1) is 9.39. The molecule has 1 aliphatic heterocycles. The quantitative estimate of drug-likeness (QED) is 0.845. The molecule has 1 heterocycles. The Morgan fingerprint density at radius 2 is 2.15 bits per heavy atom. The third-order valence-electron chi connectivity index (χ3n) is 4.28. The van der Waals surface area contributed by atoms with E-state index in [1.807, 2.05) is 0 Å². The zero-order chi connectivity index (χ0) is 14.5. The maximum atomic E-state index is 14.2. The minimum absolute atomic E-state index is 0.0774. The smallest absolute Gasteiger partial charge is 0.242 e. The molecule has 2 unspecified atom stereocenters. The summed E-state index contributed by atoms with van der Waals surface area (Å²) < 4.78 is 40.2. The summed E-state index contributed by atoms with van der Waals surface area (Å²) in [5.41, 5.74) is 5.00. The van der Waals surface area contributed by atoms with Crippen LogP contribution in [0.15, 0.2) is 29.3 Å². The molecule has 2 N–H and O–H groups in total. The lowest BCUT2D eigenvalue weighted by molar-refractivity contribution is 0.399. The number of guanidine groups is 1. The van der Waals surface area contributed by atoms with E-state index in [1.54, 1.807) is 18.2 Å². The standard InChI is InChI=1S/C13H16FN3O2S/c1-17-12(15)16-13(9-5-2-3-6-10(9)14)8-4-7-11(13)20(17,18)19/h2-3,5-6,11H,4,7-8H2,1H3,(H2,15,16). The van der Waals surface area contributed by atoms with Crippen LogP contribution in [0.5, 0.6) is 0 Å². The van der Waals surface area contributed by atoms with Crippen molar-refractivity contribution in [1.29, 1.82) is 0 Å². The van der Waals surface area contributed by atoms with E-state index in [0.717, 1.165) is 4.31 Å². The van der Waals surface area contributed by atoms with E-state index in [4.69, 9.17) is 5.73 Å². The largest absolute Gasteiger partial charge is 0.369 e. The molecule has 7 heteroatoms. The van der Waals surface area contributed by atoms with E-state index < -0.39 is 26.6 Å². The number of nitrogens with two attached hydrogens (primary N) is 1. The molecule has 0 saturated heterocycles. The van der Waals surface area contributed by atoms with Gasteiger partial charge in [0.05, 0.1) is 0 Å². The highest BCUT2D eigenvalue weighted by Crippen LogP contribution is 2.49. The van der Waals surface area contributed by atoms with Gasteiger partial charge in [0.2, 0.25) is 16.0 Å². The highest BCUT2D eigenvalue weighted by molar-refractivity contribution is 7.90. The molecule has 0 amide bonds. The van der Waals surface area contributed by atoms with Gasteiger partial charge in [-0.15, -0.1) is 0 Å². The lowest BCUT2D eigenvalue weighted by Crippen LogP contribution is -2.55. The fraction of sp³-hybridized carbons (Fsp3) is 0.462. The molecule has 0 bridgehead atoms. The van der Waals surface area contributed by atoms with E-state index in [9.17, 15) is 12.8 Å². The molecule has 1 fully saturated rings. The minimum Gasteiger partial charge on any atom is -0.369 e. The first-order valence-electron chi connectivity index (χ1n) is 6.48. The summed E-state index contributed by atoms with van der Waals surface area (Å²) >= 11 is 0. The molecule has 3 rings (SSSR count). The van der Waals surface area contributed by atoms with Crippen molar-refractivity contribution in [2.24, 2.45) is 10.7 Å². The summed E-state index contributed by atoms with van der Waals surface area (Å²) in [6.07, 6.45) is 1.65. The Balaban J connectivity index is 2.28. The van der Waals surface area contributed by atoms with Crippen LogP contribution in [0, 0.1) is 5.82 Å². The molecule has 0 aromatic heterocycles. The first kappa shape index (κ1) is 13.4.